The fourth-order valence-electron chi connectivity index (χ4n) is 6.85. The fourth-order valence-corrected chi connectivity index (χ4v) is 7.36. The molecule has 0 saturated heterocycles. The van der Waals surface area contributed by atoms with Crippen molar-refractivity contribution in [2.24, 2.45) is 0 Å². The van der Waals surface area contributed by atoms with Gasteiger partial charge in [-0.15, -0.1) is 0 Å². The van der Waals surface area contributed by atoms with Crippen LogP contribution in [0.2, 0.25) is 0 Å². The Bertz CT molecular complexity index is 2370. The fraction of sp³-hybridized carbons (Fsp3) is 0.222. The van der Waals surface area contributed by atoms with Crippen molar-refractivity contribution in [3.8, 4) is 34.0 Å². The zero-order valence-electron chi connectivity index (χ0n) is 25.8. The Hall–Kier alpha value is -4.96. The van der Waals surface area contributed by atoms with Crippen LogP contribution in [0, 0.1) is 12.7 Å². The molecule has 1 aliphatic heterocycles. The lowest BCUT2D eigenvalue weighted by molar-refractivity contribution is 0.0964. The number of furan rings is 1. The van der Waals surface area contributed by atoms with Crippen LogP contribution in [0.4, 0.5) is 10.1 Å². The van der Waals surface area contributed by atoms with Crippen LogP contribution in [0.3, 0.4) is 0 Å². The van der Waals surface area contributed by atoms with Gasteiger partial charge in [-0.25, -0.2) is 17.8 Å². The maximum atomic E-state index is 14.9. The summed E-state index contributed by atoms with van der Waals surface area (Å²) in [5.41, 5.74) is 7.37. The van der Waals surface area contributed by atoms with E-state index in [4.69, 9.17) is 9.40 Å². The van der Waals surface area contributed by atoms with Gasteiger partial charge in [-0.1, -0.05) is 42.0 Å². The Labute approximate surface area is 265 Å². The molecule has 0 bridgehead atoms. The molecular formula is C36H31FN4O4S. The summed E-state index contributed by atoms with van der Waals surface area (Å²) >= 11 is 0. The average molecular weight is 635 g/mol. The Balaban J connectivity index is 1.40. The van der Waals surface area contributed by atoms with E-state index in [0.29, 0.717) is 44.6 Å². The molecule has 10 heteroatoms. The molecule has 0 radical (unpaired) electrons. The van der Waals surface area contributed by atoms with Gasteiger partial charge in [0.1, 0.15) is 17.2 Å². The zero-order valence-corrected chi connectivity index (χ0v) is 26.6. The van der Waals surface area contributed by atoms with Gasteiger partial charge in [-0.05, 0) is 55.7 Å². The first-order valence-corrected chi connectivity index (χ1v) is 17.0. The largest absolute Gasteiger partial charge is 0.455 e. The quantitative estimate of drug-likeness (QED) is 0.220. The molecule has 232 valence electrons. The molecule has 4 heterocycles. The van der Waals surface area contributed by atoms with Gasteiger partial charge in [0.05, 0.1) is 40.1 Å². The van der Waals surface area contributed by atoms with Gasteiger partial charge in [0.2, 0.25) is 10.0 Å². The molecule has 8 rings (SSSR count). The van der Waals surface area contributed by atoms with E-state index in [1.165, 1.54) is 17.4 Å². The number of benzene rings is 3. The van der Waals surface area contributed by atoms with Crippen LogP contribution in [0.15, 0.2) is 77.2 Å². The van der Waals surface area contributed by atoms with Crippen LogP contribution in [0.1, 0.15) is 34.3 Å². The maximum absolute atomic E-state index is 14.9. The van der Waals surface area contributed by atoms with Crippen LogP contribution in [-0.4, -0.2) is 44.2 Å². The summed E-state index contributed by atoms with van der Waals surface area (Å²) in [6, 6.07) is 22.1. The molecule has 8 nitrogen and oxygen atoms in total. The number of anilines is 1. The van der Waals surface area contributed by atoms with E-state index >= 15 is 0 Å². The molecule has 2 aliphatic rings. The van der Waals surface area contributed by atoms with Gasteiger partial charge in [-0.3, -0.25) is 9.10 Å². The van der Waals surface area contributed by atoms with E-state index in [0.717, 1.165) is 59.2 Å². The number of hydrogen-bond donors (Lipinski definition) is 1. The molecule has 46 heavy (non-hydrogen) atoms. The predicted octanol–water partition coefficient (Wildman–Crippen LogP) is 7.03. The van der Waals surface area contributed by atoms with Gasteiger partial charge >= 0.3 is 0 Å². The van der Waals surface area contributed by atoms with E-state index in [9.17, 15) is 17.6 Å². The summed E-state index contributed by atoms with van der Waals surface area (Å²) in [4.78, 5) is 18.6. The number of fused-ring (bicyclic) bond motifs is 7. The molecule has 1 fully saturated rings. The number of nitrogens with zero attached hydrogens (tertiary/aromatic N) is 3. The van der Waals surface area contributed by atoms with Gasteiger partial charge in [0.25, 0.3) is 5.91 Å². The molecule has 0 unspecified atom stereocenters. The molecule has 1 N–H and O–H groups in total. The number of sulfonamides is 1. The highest BCUT2D eigenvalue weighted by Gasteiger charge is 2.49. The van der Waals surface area contributed by atoms with Gasteiger partial charge in [0, 0.05) is 54.0 Å². The van der Waals surface area contributed by atoms with Crippen LogP contribution in [-0.2, 0) is 22.0 Å². The number of amides is 1. The van der Waals surface area contributed by atoms with Crippen LogP contribution in [0.5, 0.6) is 0 Å². The molecule has 3 aromatic heterocycles. The average Bonchev–Trinajstić information content (AvgIpc) is 3.56. The normalized spacial score (nSPS) is 14.8. The van der Waals surface area contributed by atoms with E-state index in [2.05, 4.69) is 16.0 Å². The van der Waals surface area contributed by atoms with Crippen molar-refractivity contribution in [1.82, 2.24) is 14.9 Å². The lowest BCUT2D eigenvalue weighted by Crippen LogP contribution is -2.26. The number of aromatic nitrogens is 2. The van der Waals surface area contributed by atoms with Crippen molar-refractivity contribution in [3.63, 3.8) is 0 Å². The molecule has 1 amide bonds. The number of nitrogens with one attached hydrogen (secondary N) is 1. The van der Waals surface area contributed by atoms with Crippen molar-refractivity contribution < 1.29 is 22.0 Å². The van der Waals surface area contributed by atoms with E-state index in [1.54, 1.807) is 25.2 Å². The highest BCUT2D eigenvalue weighted by molar-refractivity contribution is 7.92. The second-order valence-electron chi connectivity index (χ2n) is 12.5. The molecule has 1 saturated carbocycles. The van der Waals surface area contributed by atoms with Crippen molar-refractivity contribution >= 4 is 43.5 Å². The Morgan fingerprint density at radius 2 is 1.80 bits per heavy atom. The van der Waals surface area contributed by atoms with E-state index in [-0.39, 0.29) is 17.1 Å². The highest BCUT2D eigenvalue weighted by atomic mass is 32.2. The van der Waals surface area contributed by atoms with Gasteiger partial charge in [-0.2, -0.15) is 0 Å². The number of pyridine rings is 1. The van der Waals surface area contributed by atoms with Crippen molar-refractivity contribution in [1.29, 1.82) is 0 Å². The second-order valence-corrected chi connectivity index (χ2v) is 14.5. The monoisotopic (exact) mass is 634 g/mol. The van der Waals surface area contributed by atoms with Gasteiger partial charge in [0.15, 0.2) is 0 Å². The summed E-state index contributed by atoms with van der Waals surface area (Å²) in [5, 5.41) is 3.81. The van der Waals surface area contributed by atoms with Crippen molar-refractivity contribution in [3.05, 3.63) is 95.3 Å². The summed E-state index contributed by atoms with van der Waals surface area (Å²) < 4.78 is 50.5. The lowest BCUT2D eigenvalue weighted by atomic mass is 9.89. The number of carbonyl (C=O) groups excluding carboxylic acids is 1. The molecule has 0 atom stereocenters. The zero-order chi connectivity index (χ0) is 32.1. The SMILES string of the molecule is CNC(=O)c1c(-c2ccc(C)cc2)oc2cc(N(C)S(C)(=O)=O)c(-c3ccc4c(n3)-c3cc5c(F)cccc5n3CC43CC3)cc12. The first-order chi connectivity index (χ1) is 22.0. The van der Waals surface area contributed by atoms with Crippen LogP contribution >= 0.6 is 0 Å². The van der Waals surface area contributed by atoms with E-state index in [1.807, 2.05) is 49.4 Å². The third kappa shape index (κ3) is 4.20. The smallest absolute Gasteiger partial charge is 0.255 e. The first kappa shape index (κ1) is 28.5. The third-order valence-electron chi connectivity index (χ3n) is 9.60. The summed E-state index contributed by atoms with van der Waals surface area (Å²) in [6.45, 7) is 2.73. The predicted molar refractivity (Wildman–Crippen MR) is 178 cm³/mol. The second kappa shape index (κ2) is 9.77. The Morgan fingerprint density at radius 3 is 2.50 bits per heavy atom. The summed E-state index contributed by atoms with van der Waals surface area (Å²) in [5.74, 6) is -0.222. The standard InChI is InChI=1S/C36H31FN4O4S/c1-20-8-10-21(11-9-20)34-32(35(42)38-2)24-16-23(29(18-31(24)45-34)40(3)46(4,43)44)27-13-12-25-33(39-27)30-17-22-26(37)6-5-7-28(22)41(30)19-36(25)14-15-36/h5-13,16-18H,14-15,19H2,1-4H3,(H,38,42). The Morgan fingerprint density at radius 1 is 1.04 bits per heavy atom. The number of aryl methyl sites for hydroxylation is 1. The topological polar surface area (TPSA) is 97.4 Å². The van der Waals surface area contributed by atoms with Gasteiger partial charge < -0.3 is 14.3 Å². The molecule has 1 aliphatic carbocycles. The minimum atomic E-state index is -3.69. The molecule has 1 spiro atoms. The van der Waals surface area contributed by atoms with Crippen molar-refractivity contribution in [2.75, 3.05) is 24.7 Å². The lowest BCUT2D eigenvalue weighted by Gasteiger charge is -2.28. The number of halogens is 1. The third-order valence-corrected chi connectivity index (χ3v) is 10.8. The summed E-state index contributed by atoms with van der Waals surface area (Å²) in [7, 11) is -0.643. The molecule has 3 aromatic carbocycles. The van der Waals surface area contributed by atoms with Crippen LogP contribution in [0.25, 0.3) is 55.8 Å². The van der Waals surface area contributed by atoms with Crippen molar-refractivity contribution in [2.45, 2.75) is 31.7 Å². The minimum absolute atomic E-state index is 0.0671. The number of hydrogen-bond acceptors (Lipinski definition) is 5. The number of carbonyl (C=O) groups is 1. The minimum Gasteiger partial charge on any atom is -0.455 e. The van der Waals surface area contributed by atoms with Crippen LogP contribution < -0.4 is 9.62 Å². The Kier molecular flexibility index (Phi) is 6.05. The number of rotatable bonds is 5. The van der Waals surface area contributed by atoms with E-state index < -0.39 is 10.0 Å². The first-order valence-electron chi connectivity index (χ1n) is 15.1. The highest BCUT2D eigenvalue weighted by Crippen LogP contribution is 2.56. The molecular weight excluding hydrogens is 603 g/mol. The maximum Gasteiger partial charge on any atom is 0.255 e. The summed E-state index contributed by atoms with van der Waals surface area (Å²) in [6.07, 6.45) is 3.16. The molecule has 6 aromatic rings.